The van der Waals surface area contributed by atoms with Crippen molar-refractivity contribution in [3.63, 3.8) is 0 Å². The van der Waals surface area contributed by atoms with Crippen LogP contribution in [0.25, 0.3) is 21.9 Å². The van der Waals surface area contributed by atoms with Gasteiger partial charge in [-0.15, -0.1) is 0 Å². The smallest absolute Gasteiger partial charge is 0.265 e. The number of carbonyl (C=O) groups is 4. The predicted molar refractivity (Wildman–Crippen MR) is 128 cm³/mol. The first-order chi connectivity index (χ1) is 16.8. The first-order valence-electron chi connectivity index (χ1n) is 11.3. The Morgan fingerprint density at radius 2 is 1.06 bits per heavy atom. The number of hydrogen-bond donors (Lipinski definition) is 0. The molecular formula is C28H18N2O4. The molecule has 2 aliphatic rings. The highest BCUT2D eigenvalue weighted by Crippen LogP contribution is 2.39. The van der Waals surface area contributed by atoms with E-state index in [1.165, 1.54) is 37.4 Å². The zero-order valence-corrected chi connectivity index (χ0v) is 18.4. The molecule has 2 heterocycles. The zero-order chi connectivity index (χ0) is 24.6. The quantitative estimate of drug-likeness (QED) is 0.412. The minimum absolute atomic E-state index is 0.183. The summed E-state index contributed by atoms with van der Waals surface area (Å²) in [5.41, 5.74) is 3.99. The molecule has 6 nitrogen and oxygen atoms in total. The summed E-state index contributed by atoms with van der Waals surface area (Å²) in [7, 11) is 1.41. The van der Waals surface area contributed by atoms with E-state index in [2.05, 4.69) is 0 Å². The number of carbonyl (C=O) groups excluding carboxylic acids is 4. The number of hydrogen-bond acceptors (Lipinski definition) is 4. The normalized spacial score (nSPS) is 15.3. The van der Waals surface area contributed by atoms with Crippen LogP contribution in [0.5, 0.6) is 0 Å². The molecule has 4 aromatic rings. The van der Waals surface area contributed by atoms with Gasteiger partial charge in [0.2, 0.25) is 0 Å². The predicted octanol–water partition coefficient (Wildman–Crippen LogP) is 4.84. The lowest BCUT2D eigenvalue weighted by Gasteiger charge is -2.30. The van der Waals surface area contributed by atoms with Crippen molar-refractivity contribution >= 4 is 40.1 Å². The van der Waals surface area contributed by atoms with Crippen LogP contribution in [0, 0.1) is 6.92 Å². The van der Waals surface area contributed by atoms with Gasteiger partial charge in [-0.05, 0) is 54.4 Å². The second kappa shape index (κ2) is 6.96. The highest BCUT2D eigenvalue weighted by Gasteiger charge is 2.39. The maximum atomic E-state index is 13.5. The Morgan fingerprint density at radius 1 is 0.588 bits per heavy atom. The molecule has 6 rings (SSSR count). The third-order valence-corrected chi connectivity index (χ3v) is 6.51. The fourth-order valence-electron chi connectivity index (χ4n) is 4.70. The van der Waals surface area contributed by atoms with E-state index in [1.807, 2.05) is 31.2 Å². The second-order valence-electron chi connectivity index (χ2n) is 8.51. The van der Waals surface area contributed by atoms with Crippen molar-refractivity contribution in [1.29, 1.82) is 0 Å². The van der Waals surface area contributed by atoms with E-state index in [9.17, 15) is 19.2 Å². The van der Waals surface area contributed by atoms with Gasteiger partial charge in [-0.25, -0.2) is 4.90 Å². The Bertz CT molecular complexity index is 1590. The summed E-state index contributed by atoms with van der Waals surface area (Å²) in [6.07, 6.45) is 0. The first-order valence-corrected chi connectivity index (χ1v) is 10.8. The van der Waals surface area contributed by atoms with Crippen LogP contribution in [-0.2, 0) is 0 Å². The first kappa shape index (κ1) is 18.9. The lowest BCUT2D eigenvalue weighted by atomic mass is 9.86. The maximum absolute atomic E-state index is 13.5. The lowest BCUT2D eigenvalue weighted by Crippen LogP contribution is -2.42. The Labute approximate surface area is 196 Å². The van der Waals surface area contributed by atoms with Crippen molar-refractivity contribution in [1.82, 2.24) is 4.90 Å². The minimum atomic E-state index is -0.562. The van der Waals surface area contributed by atoms with Gasteiger partial charge in [0.1, 0.15) is 0 Å². The molecule has 34 heavy (non-hydrogen) atoms. The van der Waals surface area contributed by atoms with Crippen LogP contribution >= 0.6 is 0 Å². The minimum Gasteiger partial charge on any atom is -0.277 e. The summed E-state index contributed by atoms with van der Waals surface area (Å²) < 4.78 is 8.54. The average Bonchev–Trinajstić information content (AvgIpc) is 2.85. The average molecular weight is 447 g/mol. The van der Waals surface area contributed by atoms with Crippen LogP contribution in [0.2, 0.25) is 0 Å². The van der Waals surface area contributed by atoms with Gasteiger partial charge in [0, 0.05) is 40.1 Å². The maximum Gasteiger partial charge on any atom is 0.265 e. The molecule has 0 aromatic heterocycles. The van der Waals surface area contributed by atoms with E-state index >= 15 is 0 Å². The van der Waals surface area contributed by atoms with Crippen LogP contribution in [0.1, 0.15) is 48.4 Å². The van der Waals surface area contributed by atoms with Gasteiger partial charge in [-0.2, -0.15) is 0 Å². The fraction of sp³-hybridized carbons (Fsp3) is 0.0714. The van der Waals surface area contributed by atoms with Crippen LogP contribution in [0.15, 0.2) is 72.8 Å². The standard InChI is InChI=1S/C28H18N2O4/c1-15-3-5-16(6-4-15)17-7-9-18(10-8-17)30-27(33)21-13-11-19-23-20(26(32)29(2)25(19)31)12-14-22(24(21)23)28(30)34/h3-14H,1-2H3/i7D. The number of aryl methyl sites for hydroxylation is 1. The number of rotatable bonds is 2. The third-order valence-electron chi connectivity index (χ3n) is 6.51. The third kappa shape index (κ3) is 2.62. The van der Waals surface area contributed by atoms with Crippen molar-refractivity contribution in [2.45, 2.75) is 6.92 Å². The molecule has 4 aromatic carbocycles. The van der Waals surface area contributed by atoms with Crippen molar-refractivity contribution in [3.8, 4) is 11.1 Å². The molecule has 0 saturated heterocycles. The highest BCUT2D eigenvalue weighted by molar-refractivity contribution is 6.39. The number of nitrogens with zero attached hydrogens (tertiary/aromatic N) is 2. The van der Waals surface area contributed by atoms with Crippen LogP contribution < -0.4 is 4.90 Å². The molecule has 164 valence electrons. The van der Waals surface area contributed by atoms with Crippen molar-refractivity contribution < 1.29 is 20.5 Å². The molecule has 0 bridgehead atoms. The number of benzene rings is 4. The largest absolute Gasteiger partial charge is 0.277 e. The summed E-state index contributed by atoms with van der Waals surface area (Å²) in [5, 5.41) is 0.661. The van der Waals surface area contributed by atoms with E-state index < -0.39 is 23.6 Å². The Balaban J connectivity index is 1.49. The molecule has 0 saturated carbocycles. The second-order valence-corrected chi connectivity index (χ2v) is 8.51. The molecule has 4 amide bonds. The molecule has 0 aliphatic carbocycles. The van der Waals surface area contributed by atoms with E-state index in [0.717, 1.165) is 20.9 Å². The summed E-state index contributed by atoms with van der Waals surface area (Å²) >= 11 is 0. The molecule has 0 fully saturated rings. The number of anilines is 1. The lowest BCUT2D eigenvalue weighted by molar-refractivity contribution is 0.0649. The van der Waals surface area contributed by atoms with E-state index in [1.54, 1.807) is 12.1 Å². The van der Waals surface area contributed by atoms with E-state index in [-0.39, 0.29) is 34.0 Å². The number of imide groups is 2. The molecule has 0 N–H and O–H groups in total. The summed E-state index contributed by atoms with van der Waals surface area (Å²) in [5.74, 6) is -2.07. The molecule has 0 unspecified atom stereocenters. The van der Waals surface area contributed by atoms with Gasteiger partial charge in [-0.1, -0.05) is 41.9 Å². The van der Waals surface area contributed by atoms with Gasteiger partial charge >= 0.3 is 0 Å². The summed E-state index contributed by atoms with van der Waals surface area (Å²) in [6.45, 7) is 1.99. The van der Waals surface area contributed by atoms with Crippen LogP contribution in [0.4, 0.5) is 5.69 Å². The Hall–Kier alpha value is -4.58. The summed E-state index contributed by atoms with van der Waals surface area (Å²) in [4.78, 5) is 54.6. The molecule has 6 heteroatoms. The van der Waals surface area contributed by atoms with Gasteiger partial charge in [-0.3, -0.25) is 24.1 Å². The monoisotopic (exact) mass is 447 g/mol. The highest BCUT2D eigenvalue weighted by atomic mass is 16.2. The molecule has 2 aliphatic heterocycles. The van der Waals surface area contributed by atoms with Crippen LogP contribution in [-0.4, -0.2) is 35.6 Å². The number of amides is 4. The topological polar surface area (TPSA) is 74.8 Å². The van der Waals surface area contributed by atoms with E-state index in [0.29, 0.717) is 16.3 Å². The van der Waals surface area contributed by atoms with Gasteiger partial charge < -0.3 is 0 Å². The SMILES string of the molecule is [2H]c1cc(N2C(=O)c3ccc4c5c(ccc(c35)C2=O)C(=O)N(C)C4=O)ccc1-c1ccc(C)cc1. The molecule has 0 spiro atoms. The van der Waals surface area contributed by atoms with Crippen molar-refractivity contribution in [3.05, 3.63) is 101 Å². The molecule has 0 radical (unpaired) electrons. The summed E-state index contributed by atoms with van der Waals surface area (Å²) in [6, 6.07) is 18.9. The van der Waals surface area contributed by atoms with Crippen molar-refractivity contribution in [2.24, 2.45) is 0 Å². The van der Waals surface area contributed by atoms with Crippen LogP contribution in [0.3, 0.4) is 0 Å². The fourth-order valence-corrected chi connectivity index (χ4v) is 4.70. The molecular weight excluding hydrogens is 428 g/mol. The van der Waals surface area contributed by atoms with E-state index in [4.69, 9.17) is 1.37 Å². The Kier molecular flexibility index (Phi) is 3.88. The van der Waals surface area contributed by atoms with Gasteiger partial charge in [0.25, 0.3) is 23.6 Å². The van der Waals surface area contributed by atoms with Gasteiger partial charge in [0.05, 0.1) is 7.06 Å². The van der Waals surface area contributed by atoms with Crippen molar-refractivity contribution in [2.75, 3.05) is 11.9 Å². The Morgan fingerprint density at radius 3 is 1.56 bits per heavy atom. The van der Waals surface area contributed by atoms with Gasteiger partial charge in [0.15, 0.2) is 0 Å². The zero-order valence-electron chi connectivity index (χ0n) is 19.4. The molecule has 0 atom stereocenters.